The number of hydrogen-bond donors (Lipinski definition) is 5. The number of ether oxygens (including phenoxy) is 2. The van der Waals surface area contributed by atoms with Crippen LogP contribution in [-0.4, -0.2) is 81.6 Å². The predicted molar refractivity (Wildman–Crippen MR) is 213 cm³/mol. The number of carbonyl (C=O) groups excluding carboxylic acids is 2. The highest BCUT2D eigenvalue weighted by Gasteiger charge is 2.28. The molecule has 5 N–H and O–H groups in total. The van der Waals surface area contributed by atoms with Crippen LogP contribution in [-0.2, 0) is 41.8 Å². The molecule has 3 unspecified atom stereocenters. The largest absolute Gasteiger partial charge is 0.472 e. The third-order valence-electron chi connectivity index (χ3n) is 8.06. The third-order valence-corrected chi connectivity index (χ3v) is 9.49. The van der Waals surface area contributed by atoms with Crippen molar-refractivity contribution in [2.45, 2.75) is 142 Å². The molecule has 16 heteroatoms. The van der Waals surface area contributed by atoms with E-state index in [0.717, 1.165) is 57.3 Å². The van der Waals surface area contributed by atoms with E-state index in [1.165, 1.54) is 19.3 Å². The molecular weight excluding hydrogens is 754 g/mol. The number of phosphoric ester groups is 2. The van der Waals surface area contributed by atoms with Gasteiger partial charge in [0.25, 0.3) is 0 Å². The van der Waals surface area contributed by atoms with Crippen LogP contribution in [0.2, 0.25) is 0 Å². The molecule has 0 fully saturated rings. The Labute approximate surface area is 328 Å². The van der Waals surface area contributed by atoms with E-state index in [1.807, 2.05) is 12.2 Å². The predicted octanol–water partition coefficient (Wildman–Crippen LogP) is 8.10. The van der Waals surface area contributed by atoms with Gasteiger partial charge in [-0.2, -0.15) is 0 Å². The summed E-state index contributed by atoms with van der Waals surface area (Å²) in [6, 6.07) is 0. The van der Waals surface area contributed by atoms with Crippen LogP contribution in [0, 0.1) is 5.92 Å². The third kappa shape index (κ3) is 37.1. The van der Waals surface area contributed by atoms with Crippen molar-refractivity contribution in [2.75, 3.05) is 26.4 Å². The van der Waals surface area contributed by atoms with Gasteiger partial charge in [-0.05, 0) is 50.9 Å². The summed E-state index contributed by atoms with van der Waals surface area (Å²) in [6.45, 7) is 3.63. The average molecular weight is 823 g/mol. The summed E-state index contributed by atoms with van der Waals surface area (Å²) in [6.07, 6.45) is 28.5. The Bertz CT molecular complexity index is 1240. The minimum atomic E-state index is -4.88. The molecule has 0 aromatic rings. The van der Waals surface area contributed by atoms with E-state index in [9.17, 15) is 33.8 Å². The SMILES string of the molecule is CC/C=C\C/C=C\C/C=C\C/C=C\C=C\C(O)CCCC(=O)O[C@H](COC(=O)CCCCCCCCC(C)CC)COP(=O)(O)OC[C@@H](O)COP(=O)(O)O. The Kier molecular flexibility index (Phi) is 32.5. The lowest BCUT2D eigenvalue weighted by Crippen LogP contribution is -2.30. The number of carbonyl (C=O) groups is 2. The van der Waals surface area contributed by atoms with Crippen LogP contribution in [0.3, 0.4) is 0 Å². The Morgan fingerprint density at radius 1 is 0.636 bits per heavy atom. The quantitative estimate of drug-likeness (QED) is 0.0134. The molecule has 0 aromatic carbocycles. The summed E-state index contributed by atoms with van der Waals surface area (Å²) in [7, 11) is -9.74. The Morgan fingerprint density at radius 3 is 1.84 bits per heavy atom. The van der Waals surface area contributed by atoms with Crippen molar-refractivity contribution in [3.05, 3.63) is 60.8 Å². The van der Waals surface area contributed by atoms with Crippen LogP contribution in [0.15, 0.2) is 60.8 Å². The van der Waals surface area contributed by atoms with Gasteiger partial charge in [-0.25, -0.2) is 9.13 Å². The van der Waals surface area contributed by atoms with Crippen LogP contribution in [0.5, 0.6) is 0 Å². The lowest BCUT2D eigenvalue weighted by molar-refractivity contribution is -0.161. The molecular formula is C39H68O14P2. The molecule has 0 aliphatic heterocycles. The van der Waals surface area contributed by atoms with E-state index in [1.54, 1.807) is 12.2 Å². The van der Waals surface area contributed by atoms with Gasteiger partial charge in [-0.3, -0.25) is 23.2 Å². The first kappa shape index (κ1) is 52.8. The number of esters is 2. The number of phosphoric acid groups is 2. The van der Waals surface area contributed by atoms with Crippen molar-refractivity contribution in [1.82, 2.24) is 0 Å². The fraction of sp³-hybridized carbons (Fsp3) is 0.692. The van der Waals surface area contributed by atoms with E-state index in [2.05, 4.69) is 66.3 Å². The molecule has 14 nitrogen and oxygen atoms in total. The molecule has 0 aliphatic rings. The maximum Gasteiger partial charge on any atom is 0.472 e. The van der Waals surface area contributed by atoms with Gasteiger partial charge in [-0.15, -0.1) is 0 Å². The molecule has 0 bridgehead atoms. The number of allylic oxidation sites excluding steroid dienone is 9. The molecule has 0 spiro atoms. The van der Waals surface area contributed by atoms with E-state index < -0.39 is 72.3 Å². The van der Waals surface area contributed by atoms with E-state index in [-0.39, 0.29) is 25.7 Å². The highest BCUT2D eigenvalue weighted by atomic mass is 31.2. The Balaban J connectivity index is 4.81. The first-order valence-corrected chi connectivity index (χ1v) is 22.5. The minimum absolute atomic E-state index is 0.101. The first-order valence-electron chi connectivity index (χ1n) is 19.5. The second-order valence-corrected chi connectivity index (χ2v) is 16.0. The molecule has 0 heterocycles. The van der Waals surface area contributed by atoms with Crippen LogP contribution in [0.4, 0.5) is 0 Å². The van der Waals surface area contributed by atoms with Gasteiger partial charge in [-0.1, -0.05) is 126 Å². The van der Waals surface area contributed by atoms with Crippen molar-refractivity contribution >= 4 is 27.6 Å². The fourth-order valence-corrected chi connectivity index (χ4v) is 5.86. The van der Waals surface area contributed by atoms with Gasteiger partial charge in [0.2, 0.25) is 0 Å². The lowest BCUT2D eigenvalue weighted by atomic mass is 10.00. The van der Waals surface area contributed by atoms with Crippen LogP contribution < -0.4 is 0 Å². The Morgan fingerprint density at radius 2 is 1.20 bits per heavy atom. The zero-order chi connectivity index (χ0) is 41.2. The van der Waals surface area contributed by atoms with Gasteiger partial charge >= 0.3 is 27.6 Å². The maximum atomic E-state index is 12.6. The molecule has 5 atom stereocenters. The highest BCUT2D eigenvalue weighted by Crippen LogP contribution is 2.43. The molecule has 0 saturated carbocycles. The minimum Gasteiger partial charge on any atom is -0.462 e. The summed E-state index contributed by atoms with van der Waals surface area (Å²) in [5, 5.41) is 20.0. The number of aliphatic hydroxyl groups excluding tert-OH is 2. The summed E-state index contributed by atoms with van der Waals surface area (Å²) in [5.74, 6) is -0.511. The molecule has 0 aromatic heterocycles. The summed E-state index contributed by atoms with van der Waals surface area (Å²) in [5.41, 5.74) is 0. The smallest absolute Gasteiger partial charge is 0.462 e. The van der Waals surface area contributed by atoms with Crippen LogP contribution in [0.1, 0.15) is 124 Å². The van der Waals surface area contributed by atoms with Crippen molar-refractivity contribution < 1.29 is 66.7 Å². The molecule has 0 rings (SSSR count). The molecule has 0 amide bonds. The zero-order valence-corrected chi connectivity index (χ0v) is 34.8. The summed E-state index contributed by atoms with van der Waals surface area (Å²) in [4.78, 5) is 52.5. The van der Waals surface area contributed by atoms with Gasteiger partial charge in [0.1, 0.15) is 12.7 Å². The second-order valence-electron chi connectivity index (χ2n) is 13.3. The van der Waals surface area contributed by atoms with Gasteiger partial charge in [0.15, 0.2) is 6.10 Å². The summed E-state index contributed by atoms with van der Waals surface area (Å²) < 4.78 is 47.4. The van der Waals surface area contributed by atoms with Crippen molar-refractivity contribution in [1.29, 1.82) is 0 Å². The van der Waals surface area contributed by atoms with Crippen LogP contribution in [0.25, 0.3) is 0 Å². The van der Waals surface area contributed by atoms with Gasteiger partial charge < -0.3 is 34.4 Å². The monoisotopic (exact) mass is 822 g/mol. The fourth-order valence-electron chi connectivity index (χ4n) is 4.70. The summed E-state index contributed by atoms with van der Waals surface area (Å²) >= 11 is 0. The maximum absolute atomic E-state index is 12.6. The molecule has 55 heavy (non-hydrogen) atoms. The number of hydrogen-bond acceptors (Lipinski definition) is 11. The van der Waals surface area contributed by atoms with E-state index in [0.29, 0.717) is 6.42 Å². The van der Waals surface area contributed by atoms with E-state index in [4.69, 9.17) is 23.8 Å². The van der Waals surface area contributed by atoms with Crippen molar-refractivity contribution in [3.8, 4) is 0 Å². The van der Waals surface area contributed by atoms with Gasteiger partial charge in [0, 0.05) is 12.8 Å². The molecule has 318 valence electrons. The number of unbranched alkanes of at least 4 members (excludes halogenated alkanes) is 5. The standard InChI is InChI=1S/C39H68O14P2/c1-4-6-7-8-9-10-11-12-13-14-15-19-22-26-35(40)27-24-29-39(43)53-37(33-52-55(47,48)51-31-36(41)30-50-54(44,45)46)32-49-38(42)28-23-20-17-16-18-21-25-34(3)5-2/h6-7,9-10,12-13,15,19,22,26,34-37,40-41H,4-5,8,11,14,16-18,20-21,23-25,27-33H2,1-3H3,(H,47,48)(H2,44,45,46)/b7-6-,10-9-,13-12-,19-15-,26-22+/t34?,35?,36-,37+/m0/s1. The number of rotatable bonds is 35. The first-order chi connectivity index (χ1) is 26.2. The van der Waals surface area contributed by atoms with Crippen molar-refractivity contribution in [3.63, 3.8) is 0 Å². The van der Waals surface area contributed by atoms with Crippen molar-refractivity contribution in [2.24, 2.45) is 5.92 Å². The molecule has 0 saturated heterocycles. The topological polar surface area (TPSA) is 216 Å². The average Bonchev–Trinajstić information content (AvgIpc) is 3.13. The second kappa shape index (κ2) is 33.9. The van der Waals surface area contributed by atoms with Gasteiger partial charge in [0.05, 0.1) is 25.9 Å². The molecule has 0 aliphatic carbocycles. The molecule has 0 radical (unpaired) electrons. The van der Waals surface area contributed by atoms with Crippen LogP contribution >= 0.6 is 15.6 Å². The Hall–Kier alpha value is -2.22. The highest BCUT2D eigenvalue weighted by molar-refractivity contribution is 7.47. The number of aliphatic hydroxyl groups is 2. The lowest BCUT2D eigenvalue weighted by Gasteiger charge is -2.20. The normalized spacial score (nSPS) is 16.0. The zero-order valence-electron chi connectivity index (χ0n) is 33.0. The van der Waals surface area contributed by atoms with E-state index >= 15 is 0 Å².